The first-order valence-electron chi connectivity index (χ1n) is 8.00. The van der Waals surface area contributed by atoms with E-state index in [1.165, 1.54) is 0 Å². The van der Waals surface area contributed by atoms with Gasteiger partial charge in [0.2, 0.25) is 0 Å². The first-order chi connectivity index (χ1) is 12.0. The SMILES string of the molecule is Cc1cc2cn(-c3ccc(CNCCNC(=N)N)cc3)c(=O)nc2[nH]1. The second-order valence-electron chi connectivity index (χ2n) is 5.83. The molecule has 6 N–H and O–H groups in total. The number of hydrogen-bond donors (Lipinski definition) is 5. The molecule has 8 nitrogen and oxygen atoms in total. The largest absolute Gasteiger partial charge is 0.370 e. The molecule has 0 unspecified atom stereocenters. The van der Waals surface area contributed by atoms with Gasteiger partial charge in [-0.15, -0.1) is 0 Å². The maximum atomic E-state index is 12.2. The van der Waals surface area contributed by atoms with Gasteiger partial charge in [-0.3, -0.25) is 9.98 Å². The van der Waals surface area contributed by atoms with Crippen LogP contribution in [0.25, 0.3) is 16.7 Å². The van der Waals surface area contributed by atoms with Crippen LogP contribution in [0.5, 0.6) is 0 Å². The van der Waals surface area contributed by atoms with E-state index in [1.807, 2.05) is 37.3 Å². The van der Waals surface area contributed by atoms with Crippen molar-refractivity contribution in [1.82, 2.24) is 25.2 Å². The Morgan fingerprint density at radius 3 is 2.80 bits per heavy atom. The topological polar surface area (TPSA) is 125 Å². The zero-order chi connectivity index (χ0) is 17.8. The van der Waals surface area contributed by atoms with Gasteiger partial charge in [0.1, 0.15) is 5.65 Å². The molecule has 0 amide bonds. The number of nitrogens with two attached hydrogens (primary N) is 1. The van der Waals surface area contributed by atoms with Crippen LogP contribution in [0.4, 0.5) is 0 Å². The van der Waals surface area contributed by atoms with Crippen molar-refractivity contribution in [2.24, 2.45) is 5.73 Å². The van der Waals surface area contributed by atoms with Gasteiger partial charge in [-0.2, -0.15) is 4.98 Å². The molecule has 0 aliphatic carbocycles. The first kappa shape index (κ1) is 16.7. The molecule has 3 aromatic rings. The average molecular weight is 339 g/mol. The van der Waals surface area contributed by atoms with Crippen LogP contribution in [0.3, 0.4) is 0 Å². The lowest BCUT2D eigenvalue weighted by atomic mass is 10.2. The number of guanidine groups is 1. The number of aryl methyl sites for hydroxylation is 1. The molecule has 0 fully saturated rings. The van der Waals surface area contributed by atoms with Gasteiger partial charge in [-0.05, 0) is 30.7 Å². The van der Waals surface area contributed by atoms with Crippen molar-refractivity contribution in [3.63, 3.8) is 0 Å². The van der Waals surface area contributed by atoms with E-state index in [-0.39, 0.29) is 11.6 Å². The lowest BCUT2D eigenvalue weighted by Crippen LogP contribution is -2.35. The van der Waals surface area contributed by atoms with Crippen LogP contribution < -0.4 is 22.1 Å². The van der Waals surface area contributed by atoms with Gasteiger partial charge in [0, 0.05) is 36.9 Å². The number of nitrogens with zero attached hydrogens (tertiary/aromatic N) is 2. The highest BCUT2D eigenvalue weighted by molar-refractivity contribution is 5.75. The highest BCUT2D eigenvalue weighted by Crippen LogP contribution is 2.13. The van der Waals surface area contributed by atoms with Crippen molar-refractivity contribution in [1.29, 1.82) is 5.41 Å². The van der Waals surface area contributed by atoms with E-state index in [9.17, 15) is 4.79 Å². The van der Waals surface area contributed by atoms with Crippen LogP contribution in [0, 0.1) is 12.3 Å². The standard InChI is InChI=1S/C17H21N7O/c1-11-8-13-10-24(17(25)23-15(13)22-11)14-4-2-12(3-5-14)9-20-6-7-21-16(18)19/h2-5,8,10,20H,6-7,9H2,1H3,(H4,18,19,21)(H,22,23,25). The summed E-state index contributed by atoms with van der Waals surface area (Å²) in [5.41, 5.74) is 8.37. The predicted octanol–water partition coefficient (Wildman–Crippen LogP) is 0.595. The highest BCUT2D eigenvalue weighted by atomic mass is 16.1. The van der Waals surface area contributed by atoms with Crippen molar-refractivity contribution in [3.8, 4) is 5.69 Å². The Bertz CT molecular complexity index is 940. The quantitative estimate of drug-likeness (QED) is 0.255. The Hall–Kier alpha value is -3.13. The maximum Gasteiger partial charge on any atom is 0.354 e. The summed E-state index contributed by atoms with van der Waals surface area (Å²) in [6.07, 6.45) is 1.80. The number of H-pyrrole nitrogens is 1. The van der Waals surface area contributed by atoms with Gasteiger partial charge in [0.15, 0.2) is 5.96 Å². The molecule has 0 saturated heterocycles. The van der Waals surface area contributed by atoms with E-state index in [0.717, 1.165) is 22.3 Å². The van der Waals surface area contributed by atoms with Gasteiger partial charge in [0.05, 0.1) is 5.69 Å². The summed E-state index contributed by atoms with van der Waals surface area (Å²) in [5.74, 6) is -0.0280. The Balaban J connectivity index is 1.69. The summed E-state index contributed by atoms with van der Waals surface area (Å²) < 4.78 is 1.55. The maximum absolute atomic E-state index is 12.2. The Morgan fingerprint density at radius 2 is 2.08 bits per heavy atom. The molecule has 130 valence electrons. The number of aromatic amines is 1. The summed E-state index contributed by atoms with van der Waals surface area (Å²) in [6, 6.07) is 9.71. The second-order valence-corrected chi connectivity index (χ2v) is 5.83. The van der Waals surface area contributed by atoms with Gasteiger partial charge in [-0.1, -0.05) is 12.1 Å². The van der Waals surface area contributed by atoms with Crippen LogP contribution >= 0.6 is 0 Å². The van der Waals surface area contributed by atoms with Crippen molar-refractivity contribution < 1.29 is 0 Å². The van der Waals surface area contributed by atoms with Crippen LogP contribution in [0.2, 0.25) is 0 Å². The zero-order valence-electron chi connectivity index (χ0n) is 14.0. The molecule has 1 aromatic carbocycles. The van der Waals surface area contributed by atoms with Crippen LogP contribution in [-0.2, 0) is 6.54 Å². The van der Waals surface area contributed by atoms with Crippen molar-refractivity contribution in [2.75, 3.05) is 13.1 Å². The summed E-state index contributed by atoms with van der Waals surface area (Å²) in [5, 5.41) is 14.0. The third-order valence-electron chi connectivity index (χ3n) is 3.80. The van der Waals surface area contributed by atoms with Gasteiger partial charge in [0.25, 0.3) is 0 Å². The number of aromatic nitrogens is 3. The van der Waals surface area contributed by atoms with E-state index in [1.54, 1.807) is 10.8 Å². The monoisotopic (exact) mass is 339 g/mol. The fourth-order valence-corrected chi connectivity index (χ4v) is 2.61. The minimum Gasteiger partial charge on any atom is -0.370 e. The van der Waals surface area contributed by atoms with Crippen molar-refractivity contribution in [2.45, 2.75) is 13.5 Å². The third-order valence-corrected chi connectivity index (χ3v) is 3.80. The van der Waals surface area contributed by atoms with E-state index in [0.29, 0.717) is 25.3 Å². The summed E-state index contributed by atoms with van der Waals surface area (Å²) in [7, 11) is 0. The summed E-state index contributed by atoms with van der Waals surface area (Å²) in [4.78, 5) is 19.4. The molecule has 0 aliphatic rings. The lowest BCUT2D eigenvalue weighted by molar-refractivity contribution is 0.670. The lowest BCUT2D eigenvalue weighted by Gasteiger charge is -2.08. The van der Waals surface area contributed by atoms with Gasteiger partial charge < -0.3 is 21.4 Å². The minimum atomic E-state index is -0.310. The first-order valence-corrected chi connectivity index (χ1v) is 8.00. The fourth-order valence-electron chi connectivity index (χ4n) is 2.61. The van der Waals surface area contributed by atoms with Crippen molar-refractivity contribution >= 4 is 17.0 Å². The smallest absolute Gasteiger partial charge is 0.354 e. The summed E-state index contributed by atoms with van der Waals surface area (Å²) in [6.45, 7) is 3.94. The van der Waals surface area contributed by atoms with Gasteiger partial charge >= 0.3 is 5.69 Å². The molecule has 0 spiro atoms. The van der Waals surface area contributed by atoms with E-state index in [4.69, 9.17) is 11.1 Å². The second kappa shape index (κ2) is 7.18. The van der Waals surface area contributed by atoms with Crippen molar-refractivity contribution in [3.05, 3.63) is 58.3 Å². The van der Waals surface area contributed by atoms with E-state index in [2.05, 4.69) is 20.6 Å². The number of rotatable bonds is 6. The number of nitrogens with one attached hydrogen (secondary N) is 4. The number of benzene rings is 1. The van der Waals surface area contributed by atoms with E-state index >= 15 is 0 Å². The highest BCUT2D eigenvalue weighted by Gasteiger charge is 2.06. The molecule has 3 rings (SSSR count). The molecule has 0 saturated carbocycles. The zero-order valence-corrected chi connectivity index (χ0v) is 14.0. The average Bonchev–Trinajstić information content (AvgIpc) is 2.93. The Labute approximate surface area is 144 Å². The predicted molar refractivity (Wildman–Crippen MR) is 98.1 cm³/mol. The number of hydrogen-bond acceptors (Lipinski definition) is 4. The van der Waals surface area contributed by atoms with E-state index < -0.39 is 0 Å². The molecule has 25 heavy (non-hydrogen) atoms. The minimum absolute atomic E-state index is 0.0280. The molecule has 2 heterocycles. The normalized spacial score (nSPS) is 10.9. The molecule has 0 bridgehead atoms. The molecule has 8 heteroatoms. The molecule has 0 radical (unpaired) electrons. The fraction of sp³-hybridized carbons (Fsp3) is 0.235. The van der Waals surface area contributed by atoms with Crippen LogP contribution in [-0.4, -0.2) is 33.6 Å². The van der Waals surface area contributed by atoms with Crippen LogP contribution in [0.1, 0.15) is 11.3 Å². The third kappa shape index (κ3) is 4.04. The molecule has 2 aromatic heterocycles. The number of fused-ring (bicyclic) bond motifs is 1. The van der Waals surface area contributed by atoms with Crippen LogP contribution in [0.15, 0.2) is 41.3 Å². The summed E-state index contributed by atoms with van der Waals surface area (Å²) >= 11 is 0. The molecular formula is C17H21N7O. The molecular weight excluding hydrogens is 318 g/mol. The van der Waals surface area contributed by atoms with Gasteiger partial charge in [-0.25, -0.2) is 4.79 Å². The molecule has 0 aliphatic heterocycles. The molecule has 0 atom stereocenters. The Morgan fingerprint density at radius 1 is 1.32 bits per heavy atom. The Kier molecular flexibility index (Phi) is 4.80.